The molecule has 1 heterocycles. The van der Waals surface area contributed by atoms with Crippen LogP contribution in [0.3, 0.4) is 0 Å². The molecule has 1 rings (SSSR count). The van der Waals surface area contributed by atoms with Crippen LogP contribution >= 0.6 is 0 Å². The highest BCUT2D eigenvalue weighted by Gasteiger charge is 1.91. The number of carbonyl (C=O) groups is 1. The number of aromatic nitrogens is 1. The molecule has 0 unspecified atom stereocenters. The Kier molecular flexibility index (Phi) is 1.99. The summed E-state index contributed by atoms with van der Waals surface area (Å²) < 4.78 is 0. The van der Waals surface area contributed by atoms with Crippen molar-refractivity contribution in [3.8, 4) is 0 Å². The maximum atomic E-state index is 10.5. The molecule has 0 aliphatic heterocycles. The molecule has 0 fully saturated rings. The highest BCUT2D eigenvalue weighted by molar-refractivity contribution is 5.88. The van der Waals surface area contributed by atoms with E-state index >= 15 is 0 Å². The zero-order chi connectivity index (χ0) is 7.40. The fourth-order valence-electron chi connectivity index (χ4n) is 0.597. The molecule has 1 aromatic heterocycles. The van der Waals surface area contributed by atoms with Crippen molar-refractivity contribution >= 4 is 11.6 Å². The van der Waals surface area contributed by atoms with Crippen LogP contribution in [0, 0.1) is 6.07 Å². The van der Waals surface area contributed by atoms with Crippen molar-refractivity contribution in [1.29, 1.82) is 0 Å². The van der Waals surface area contributed by atoms with Gasteiger partial charge < -0.3 is 5.32 Å². The van der Waals surface area contributed by atoms with Gasteiger partial charge in [-0.05, 0) is 6.07 Å². The van der Waals surface area contributed by atoms with E-state index in [2.05, 4.69) is 16.4 Å². The standard InChI is InChI=1S/C7H7N2O/c1-6(10)9-7-3-2-4-8-5-7/h3-5H,1H3,(H,9,10). The first-order valence-corrected chi connectivity index (χ1v) is 2.88. The number of nitrogens with zero attached hydrogens (tertiary/aromatic N) is 1. The van der Waals surface area contributed by atoms with Gasteiger partial charge in [0.15, 0.2) is 0 Å². The molecule has 0 aliphatic carbocycles. The molecule has 51 valence electrons. The SMILES string of the molecule is CC(=O)Nc1c[c]cnc1. The van der Waals surface area contributed by atoms with Crippen molar-refractivity contribution in [2.45, 2.75) is 6.92 Å². The molecular formula is C7H7N2O. The van der Waals surface area contributed by atoms with E-state index in [1.807, 2.05) is 0 Å². The number of hydrogen-bond acceptors (Lipinski definition) is 2. The molecule has 1 aromatic rings. The van der Waals surface area contributed by atoms with Gasteiger partial charge in [0.05, 0.1) is 11.9 Å². The molecule has 0 aromatic carbocycles. The van der Waals surface area contributed by atoms with Crippen LogP contribution in [-0.2, 0) is 4.79 Å². The summed E-state index contributed by atoms with van der Waals surface area (Å²) in [5, 5.41) is 2.57. The van der Waals surface area contributed by atoms with Crippen LogP contribution in [0.2, 0.25) is 0 Å². The van der Waals surface area contributed by atoms with Gasteiger partial charge in [0.1, 0.15) is 0 Å². The number of amides is 1. The lowest BCUT2D eigenvalue weighted by Crippen LogP contribution is -2.05. The zero-order valence-electron chi connectivity index (χ0n) is 5.59. The lowest BCUT2D eigenvalue weighted by Gasteiger charge is -1.97. The Hall–Kier alpha value is -1.38. The second-order valence-corrected chi connectivity index (χ2v) is 1.85. The third kappa shape index (κ3) is 1.85. The highest BCUT2D eigenvalue weighted by atomic mass is 16.1. The number of anilines is 1. The smallest absolute Gasteiger partial charge is 0.221 e. The van der Waals surface area contributed by atoms with Crippen molar-refractivity contribution in [2.75, 3.05) is 5.32 Å². The Morgan fingerprint density at radius 1 is 1.80 bits per heavy atom. The molecule has 0 spiro atoms. The van der Waals surface area contributed by atoms with Crippen molar-refractivity contribution in [3.05, 3.63) is 24.5 Å². The zero-order valence-corrected chi connectivity index (χ0v) is 5.59. The normalized spacial score (nSPS) is 8.90. The third-order valence-corrected chi connectivity index (χ3v) is 0.922. The van der Waals surface area contributed by atoms with Gasteiger partial charge in [-0.3, -0.25) is 9.78 Å². The van der Waals surface area contributed by atoms with E-state index in [-0.39, 0.29) is 5.91 Å². The molecule has 10 heavy (non-hydrogen) atoms. The minimum Gasteiger partial charge on any atom is -0.325 e. The minimum atomic E-state index is -0.0959. The van der Waals surface area contributed by atoms with Crippen LogP contribution in [0.4, 0.5) is 5.69 Å². The number of pyridine rings is 1. The Labute approximate surface area is 59.1 Å². The van der Waals surface area contributed by atoms with Crippen LogP contribution in [-0.4, -0.2) is 10.9 Å². The van der Waals surface area contributed by atoms with E-state index in [0.29, 0.717) is 5.69 Å². The first-order chi connectivity index (χ1) is 4.79. The molecule has 1 radical (unpaired) electrons. The number of hydrogen-bond donors (Lipinski definition) is 1. The Morgan fingerprint density at radius 3 is 3.10 bits per heavy atom. The predicted molar refractivity (Wildman–Crippen MR) is 37.4 cm³/mol. The summed E-state index contributed by atoms with van der Waals surface area (Å²) in [4.78, 5) is 14.2. The van der Waals surface area contributed by atoms with Gasteiger partial charge in [-0.2, -0.15) is 0 Å². The molecule has 0 aliphatic rings. The van der Waals surface area contributed by atoms with Crippen LogP contribution < -0.4 is 5.32 Å². The Morgan fingerprint density at radius 2 is 2.60 bits per heavy atom. The molecule has 1 N–H and O–H groups in total. The van der Waals surface area contributed by atoms with Crippen molar-refractivity contribution in [1.82, 2.24) is 4.98 Å². The first kappa shape index (κ1) is 6.74. The van der Waals surface area contributed by atoms with Gasteiger partial charge >= 0.3 is 0 Å². The molecule has 0 saturated carbocycles. The average molecular weight is 135 g/mol. The lowest BCUT2D eigenvalue weighted by molar-refractivity contribution is -0.114. The number of rotatable bonds is 1. The molecular weight excluding hydrogens is 128 g/mol. The maximum Gasteiger partial charge on any atom is 0.221 e. The average Bonchev–Trinajstić information content (AvgIpc) is 1.88. The largest absolute Gasteiger partial charge is 0.325 e. The van der Waals surface area contributed by atoms with Crippen LogP contribution in [0.1, 0.15) is 6.92 Å². The summed E-state index contributed by atoms with van der Waals surface area (Å²) in [5.74, 6) is -0.0959. The van der Waals surface area contributed by atoms with Crippen LogP contribution in [0.5, 0.6) is 0 Å². The topological polar surface area (TPSA) is 42.0 Å². The van der Waals surface area contributed by atoms with Gasteiger partial charge in [0.25, 0.3) is 0 Å². The summed E-state index contributed by atoms with van der Waals surface area (Å²) in [6, 6.07) is 4.40. The van der Waals surface area contributed by atoms with E-state index in [0.717, 1.165) is 0 Å². The number of nitrogens with one attached hydrogen (secondary N) is 1. The van der Waals surface area contributed by atoms with E-state index < -0.39 is 0 Å². The van der Waals surface area contributed by atoms with E-state index in [1.54, 1.807) is 12.3 Å². The summed E-state index contributed by atoms with van der Waals surface area (Å²) in [6.45, 7) is 1.45. The molecule has 0 saturated heterocycles. The van der Waals surface area contributed by atoms with Gasteiger partial charge in [0, 0.05) is 19.2 Å². The number of carbonyl (C=O) groups excluding carboxylic acids is 1. The summed E-state index contributed by atoms with van der Waals surface area (Å²) >= 11 is 0. The summed E-state index contributed by atoms with van der Waals surface area (Å²) in [6.07, 6.45) is 3.10. The van der Waals surface area contributed by atoms with Crippen molar-refractivity contribution in [2.24, 2.45) is 0 Å². The Bertz CT molecular complexity index is 220. The lowest BCUT2D eigenvalue weighted by atomic mass is 10.4. The third-order valence-electron chi connectivity index (χ3n) is 0.922. The van der Waals surface area contributed by atoms with E-state index in [1.165, 1.54) is 13.1 Å². The summed E-state index contributed by atoms with van der Waals surface area (Å²) in [7, 11) is 0. The monoisotopic (exact) mass is 135 g/mol. The van der Waals surface area contributed by atoms with Gasteiger partial charge in [-0.25, -0.2) is 0 Å². The fraction of sp³-hybridized carbons (Fsp3) is 0.143. The molecule has 0 bridgehead atoms. The Balaban J connectivity index is 2.67. The molecule has 3 heteroatoms. The highest BCUT2D eigenvalue weighted by Crippen LogP contribution is 2.00. The van der Waals surface area contributed by atoms with Crippen molar-refractivity contribution < 1.29 is 4.79 Å². The van der Waals surface area contributed by atoms with Gasteiger partial charge in [-0.1, -0.05) is 0 Å². The van der Waals surface area contributed by atoms with Gasteiger partial charge in [0.2, 0.25) is 5.91 Å². The first-order valence-electron chi connectivity index (χ1n) is 2.88. The molecule has 1 amide bonds. The second kappa shape index (κ2) is 2.96. The van der Waals surface area contributed by atoms with Crippen molar-refractivity contribution in [3.63, 3.8) is 0 Å². The summed E-state index contributed by atoms with van der Waals surface area (Å²) in [5.41, 5.74) is 0.676. The molecule has 0 atom stereocenters. The van der Waals surface area contributed by atoms with E-state index in [9.17, 15) is 4.79 Å². The van der Waals surface area contributed by atoms with Crippen LogP contribution in [0.15, 0.2) is 18.5 Å². The molecule has 3 nitrogen and oxygen atoms in total. The van der Waals surface area contributed by atoms with Gasteiger partial charge in [-0.15, -0.1) is 0 Å². The fourth-order valence-corrected chi connectivity index (χ4v) is 0.597. The maximum absolute atomic E-state index is 10.5. The van der Waals surface area contributed by atoms with E-state index in [4.69, 9.17) is 0 Å². The quantitative estimate of drug-likeness (QED) is 0.620. The second-order valence-electron chi connectivity index (χ2n) is 1.85. The minimum absolute atomic E-state index is 0.0959. The van der Waals surface area contributed by atoms with Crippen LogP contribution in [0.25, 0.3) is 0 Å². The predicted octanol–water partition coefficient (Wildman–Crippen LogP) is 0.840.